The van der Waals surface area contributed by atoms with Crippen LogP contribution in [-0.2, 0) is 0 Å². The van der Waals surface area contributed by atoms with Crippen LogP contribution in [0.25, 0.3) is 0 Å². The summed E-state index contributed by atoms with van der Waals surface area (Å²) in [4.78, 5) is 0. The second-order valence-corrected chi connectivity index (χ2v) is 3.22. The molecular formula is C8H14N2. The summed E-state index contributed by atoms with van der Waals surface area (Å²) >= 11 is 0. The zero-order valence-electron chi connectivity index (χ0n) is 6.73. The first-order valence-electron chi connectivity index (χ1n) is 3.45. The number of hydrogen-bond donors (Lipinski definition) is 2. The summed E-state index contributed by atoms with van der Waals surface area (Å²) in [6, 6.07) is 0. The Morgan fingerprint density at radius 1 is 1.40 bits per heavy atom. The van der Waals surface area contributed by atoms with Crippen molar-refractivity contribution in [2.45, 2.75) is 26.3 Å². The van der Waals surface area contributed by atoms with E-state index >= 15 is 0 Å². The molecule has 0 saturated carbocycles. The van der Waals surface area contributed by atoms with E-state index in [9.17, 15) is 0 Å². The second kappa shape index (κ2) is 2.04. The first kappa shape index (κ1) is 7.19. The Labute approximate surface area is 61.8 Å². The number of dihydropyridines is 1. The predicted octanol–water partition coefficient (Wildman–Crippen LogP) is 1.11. The van der Waals surface area contributed by atoms with Crippen molar-refractivity contribution in [1.82, 2.24) is 5.32 Å². The molecule has 1 rings (SSSR count). The minimum Gasteiger partial charge on any atom is -0.400 e. The van der Waals surface area contributed by atoms with E-state index in [1.54, 1.807) is 0 Å². The van der Waals surface area contributed by atoms with E-state index in [1.165, 1.54) is 5.70 Å². The lowest BCUT2D eigenvalue weighted by atomic mass is 9.97. The highest BCUT2D eigenvalue weighted by Crippen LogP contribution is 2.16. The van der Waals surface area contributed by atoms with Crippen LogP contribution in [0.5, 0.6) is 0 Å². The van der Waals surface area contributed by atoms with Gasteiger partial charge in [-0.15, -0.1) is 0 Å². The Kier molecular flexibility index (Phi) is 1.47. The highest BCUT2D eigenvalue weighted by atomic mass is 15.0. The van der Waals surface area contributed by atoms with Gasteiger partial charge >= 0.3 is 0 Å². The molecule has 0 aromatic heterocycles. The molecule has 0 aliphatic carbocycles. The minimum absolute atomic E-state index is 0.0706. The van der Waals surface area contributed by atoms with Crippen molar-refractivity contribution in [3.05, 3.63) is 23.5 Å². The third-order valence-electron chi connectivity index (χ3n) is 1.74. The van der Waals surface area contributed by atoms with Crippen molar-refractivity contribution < 1.29 is 0 Å². The molecule has 2 nitrogen and oxygen atoms in total. The fourth-order valence-corrected chi connectivity index (χ4v) is 1.03. The van der Waals surface area contributed by atoms with Crippen LogP contribution in [0.2, 0.25) is 0 Å². The summed E-state index contributed by atoms with van der Waals surface area (Å²) in [6.45, 7) is 6.16. The van der Waals surface area contributed by atoms with Gasteiger partial charge in [0.2, 0.25) is 0 Å². The molecule has 0 atom stereocenters. The Morgan fingerprint density at radius 3 is 2.40 bits per heavy atom. The van der Waals surface area contributed by atoms with Crippen molar-refractivity contribution in [3.8, 4) is 0 Å². The van der Waals surface area contributed by atoms with Crippen molar-refractivity contribution in [3.63, 3.8) is 0 Å². The third-order valence-corrected chi connectivity index (χ3v) is 1.74. The average Bonchev–Trinajstić information content (AvgIpc) is 1.78. The minimum atomic E-state index is -0.0706. The zero-order chi connectivity index (χ0) is 7.78. The Morgan fingerprint density at radius 2 is 2.00 bits per heavy atom. The lowest BCUT2D eigenvalue weighted by molar-refractivity contribution is 0.488. The van der Waals surface area contributed by atoms with Gasteiger partial charge in [0, 0.05) is 11.4 Å². The molecule has 0 aromatic rings. The van der Waals surface area contributed by atoms with Crippen molar-refractivity contribution in [2.24, 2.45) is 5.73 Å². The van der Waals surface area contributed by atoms with Crippen molar-refractivity contribution >= 4 is 0 Å². The van der Waals surface area contributed by atoms with Crippen LogP contribution in [0.1, 0.15) is 20.8 Å². The average molecular weight is 138 g/mol. The summed E-state index contributed by atoms with van der Waals surface area (Å²) < 4.78 is 0. The van der Waals surface area contributed by atoms with E-state index in [0.29, 0.717) is 0 Å². The molecule has 1 heterocycles. The van der Waals surface area contributed by atoms with E-state index in [2.05, 4.69) is 19.2 Å². The quantitative estimate of drug-likeness (QED) is 0.526. The first-order chi connectivity index (χ1) is 4.52. The molecule has 56 valence electrons. The number of nitrogens with two attached hydrogens (primary N) is 1. The van der Waals surface area contributed by atoms with Gasteiger partial charge in [-0.1, -0.05) is 0 Å². The summed E-state index contributed by atoms with van der Waals surface area (Å²) in [5.74, 6) is 0. The van der Waals surface area contributed by atoms with Crippen LogP contribution in [0, 0.1) is 0 Å². The van der Waals surface area contributed by atoms with Crippen molar-refractivity contribution in [1.29, 1.82) is 0 Å². The number of nitrogens with one attached hydrogen (secondary N) is 1. The van der Waals surface area contributed by atoms with Crippen LogP contribution in [0.15, 0.2) is 23.5 Å². The van der Waals surface area contributed by atoms with E-state index < -0.39 is 0 Å². The van der Waals surface area contributed by atoms with Gasteiger partial charge < -0.3 is 11.1 Å². The Balaban J connectivity index is 2.89. The van der Waals surface area contributed by atoms with Gasteiger partial charge in [0.15, 0.2) is 0 Å². The molecule has 1 aliphatic rings. The second-order valence-electron chi connectivity index (χ2n) is 3.22. The Hall–Kier alpha value is -0.920. The molecular weight excluding hydrogens is 124 g/mol. The van der Waals surface area contributed by atoms with E-state index in [0.717, 1.165) is 5.70 Å². The molecule has 0 fully saturated rings. The van der Waals surface area contributed by atoms with E-state index in [1.807, 2.05) is 19.1 Å². The van der Waals surface area contributed by atoms with E-state index in [-0.39, 0.29) is 5.54 Å². The van der Waals surface area contributed by atoms with Gasteiger partial charge in [-0.05, 0) is 32.9 Å². The topological polar surface area (TPSA) is 38.0 Å². The third kappa shape index (κ3) is 1.15. The van der Waals surface area contributed by atoms with Gasteiger partial charge in [0.25, 0.3) is 0 Å². The molecule has 0 unspecified atom stereocenters. The van der Waals surface area contributed by atoms with Crippen molar-refractivity contribution in [2.75, 3.05) is 0 Å². The van der Waals surface area contributed by atoms with Crippen LogP contribution < -0.4 is 11.1 Å². The maximum Gasteiger partial charge on any atom is 0.0709 e. The standard InChI is InChI=1S/C8H14N2/c1-6-4-5-7(9)8(2,3)10-6/h4-5,10H,9H2,1-3H3. The Bertz CT molecular complexity index is 199. The van der Waals surface area contributed by atoms with Gasteiger partial charge in [-0.2, -0.15) is 0 Å². The van der Waals surface area contributed by atoms with Crippen LogP contribution in [0.4, 0.5) is 0 Å². The molecule has 0 saturated heterocycles. The van der Waals surface area contributed by atoms with Gasteiger partial charge in [0.1, 0.15) is 0 Å². The van der Waals surface area contributed by atoms with Gasteiger partial charge in [0.05, 0.1) is 5.54 Å². The maximum atomic E-state index is 5.73. The zero-order valence-corrected chi connectivity index (χ0v) is 6.73. The molecule has 0 bridgehead atoms. The lowest BCUT2D eigenvalue weighted by Gasteiger charge is -2.31. The van der Waals surface area contributed by atoms with Crippen LogP contribution in [-0.4, -0.2) is 5.54 Å². The lowest BCUT2D eigenvalue weighted by Crippen LogP contribution is -2.44. The maximum absolute atomic E-state index is 5.73. The smallest absolute Gasteiger partial charge is 0.0709 e. The first-order valence-corrected chi connectivity index (χ1v) is 3.45. The summed E-state index contributed by atoms with van der Waals surface area (Å²) in [5.41, 5.74) is 7.71. The van der Waals surface area contributed by atoms with Crippen LogP contribution >= 0.6 is 0 Å². The summed E-state index contributed by atoms with van der Waals surface area (Å²) in [5, 5.41) is 3.27. The fraction of sp³-hybridized carbons (Fsp3) is 0.500. The SMILES string of the molecule is CC1=CC=C(N)C(C)(C)N1. The molecule has 0 radical (unpaired) electrons. The highest BCUT2D eigenvalue weighted by Gasteiger charge is 2.21. The molecule has 1 aliphatic heterocycles. The molecule has 0 aromatic carbocycles. The van der Waals surface area contributed by atoms with E-state index in [4.69, 9.17) is 5.73 Å². The molecule has 10 heavy (non-hydrogen) atoms. The van der Waals surface area contributed by atoms with Gasteiger partial charge in [-0.25, -0.2) is 0 Å². The number of hydrogen-bond acceptors (Lipinski definition) is 2. The molecule has 0 amide bonds. The predicted molar refractivity (Wildman–Crippen MR) is 43.2 cm³/mol. The number of allylic oxidation sites excluding steroid dienone is 3. The monoisotopic (exact) mass is 138 g/mol. The summed E-state index contributed by atoms with van der Waals surface area (Å²) in [7, 11) is 0. The molecule has 3 N–H and O–H groups in total. The fourth-order valence-electron chi connectivity index (χ4n) is 1.03. The largest absolute Gasteiger partial charge is 0.400 e. The summed E-state index contributed by atoms with van der Waals surface area (Å²) in [6.07, 6.45) is 3.94. The number of rotatable bonds is 0. The van der Waals surface area contributed by atoms with Gasteiger partial charge in [-0.3, -0.25) is 0 Å². The molecule has 2 heteroatoms. The normalized spacial score (nSPS) is 22.7. The molecule has 0 spiro atoms. The van der Waals surface area contributed by atoms with Crippen LogP contribution in [0.3, 0.4) is 0 Å². The highest BCUT2D eigenvalue weighted by molar-refractivity contribution is 5.28.